The maximum atomic E-state index is 14.5. The van der Waals surface area contributed by atoms with Crippen LogP contribution in [0.1, 0.15) is 40.8 Å². The second-order valence-electron chi connectivity index (χ2n) is 11.5. The molecule has 50 heavy (non-hydrogen) atoms. The van der Waals surface area contributed by atoms with Crippen LogP contribution in [0, 0.1) is 11.3 Å². The number of aromatic nitrogens is 1. The van der Waals surface area contributed by atoms with Crippen molar-refractivity contribution < 1.29 is 19.0 Å². The third-order valence-corrected chi connectivity index (χ3v) is 9.49. The Morgan fingerprint density at radius 3 is 2.44 bits per heavy atom. The smallest absolute Gasteiger partial charge is 0.338 e. The van der Waals surface area contributed by atoms with E-state index >= 15 is 0 Å². The molecule has 1 aliphatic rings. The maximum absolute atomic E-state index is 14.5. The molecule has 246 valence electrons. The number of esters is 1. The molecule has 7 rings (SSSR count). The van der Waals surface area contributed by atoms with Crippen LogP contribution in [0.5, 0.6) is 11.5 Å². The summed E-state index contributed by atoms with van der Waals surface area (Å²) in [6, 6.07) is 37.1. The van der Waals surface area contributed by atoms with Gasteiger partial charge in [0.2, 0.25) is 0 Å². The molecule has 8 nitrogen and oxygen atoms in total. The Balaban J connectivity index is 1.39. The summed E-state index contributed by atoms with van der Waals surface area (Å²) >= 11 is 1.25. The Kier molecular flexibility index (Phi) is 9.10. The van der Waals surface area contributed by atoms with Gasteiger partial charge in [-0.05, 0) is 53.6 Å². The van der Waals surface area contributed by atoms with Crippen LogP contribution < -0.4 is 24.4 Å². The monoisotopic (exact) mass is 677 g/mol. The molecule has 1 unspecified atom stereocenters. The van der Waals surface area contributed by atoms with E-state index in [9.17, 15) is 14.9 Å². The van der Waals surface area contributed by atoms with Gasteiger partial charge in [0.05, 0.1) is 41.2 Å². The number of carbonyl (C=O) groups excluding carboxylic acids is 1. The highest BCUT2D eigenvalue weighted by Crippen LogP contribution is 2.42. The maximum Gasteiger partial charge on any atom is 0.338 e. The summed E-state index contributed by atoms with van der Waals surface area (Å²) in [5.74, 6) is 0.607. The minimum Gasteiger partial charge on any atom is -0.496 e. The number of nitriles is 1. The van der Waals surface area contributed by atoms with E-state index in [1.54, 1.807) is 24.7 Å². The van der Waals surface area contributed by atoms with E-state index in [0.717, 1.165) is 27.5 Å². The molecule has 5 aromatic carbocycles. The van der Waals surface area contributed by atoms with Gasteiger partial charge in [0, 0.05) is 16.7 Å². The Labute approximate surface area is 292 Å². The molecule has 1 atom stereocenters. The van der Waals surface area contributed by atoms with E-state index in [1.807, 2.05) is 115 Å². The molecule has 0 N–H and O–H groups in total. The summed E-state index contributed by atoms with van der Waals surface area (Å²) in [4.78, 5) is 33.9. The second-order valence-corrected chi connectivity index (χ2v) is 12.5. The van der Waals surface area contributed by atoms with Crippen LogP contribution in [0.25, 0.3) is 22.5 Å². The molecule has 1 aromatic heterocycles. The summed E-state index contributed by atoms with van der Waals surface area (Å²) in [6.07, 6.45) is 1.81. The van der Waals surface area contributed by atoms with Gasteiger partial charge in [-0.15, -0.1) is 0 Å². The van der Waals surface area contributed by atoms with Crippen molar-refractivity contribution in [2.45, 2.75) is 19.6 Å². The first kappa shape index (κ1) is 32.3. The molecule has 0 saturated heterocycles. The quantitative estimate of drug-likeness (QED) is 0.161. The molecule has 0 spiro atoms. The van der Waals surface area contributed by atoms with Gasteiger partial charge in [-0.25, -0.2) is 9.79 Å². The van der Waals surface area contributed by atoms with Gasteiger partial charge in [0.1, 0.15) is 24.1 Å². The number of hydrogen-bond acceptors (Lipinski definition) is 8. The zero-order valence-corrected chi connectivity index (χ0v) is 28.1. The van der Waals surface area contributed by atoms with Gasteiger partial charge < -0.3 is 14.2 Å². The van der Waals surface area contributed by atoms with Gasteiger partial charge >= 0.3 is 5.97 Å². The highest BCUT2D eigenvalue weighted by atomic mass is 32.1. The van der Waals surface area contributed by atoms with Crippen molar-refractivity contribution in [3.63, 3.8) is 0 Å². The molecule has 0 fully saturated rings. The lowest BCUT2D eigenvalue weighted by Gasteiger charge is -2.28. The van der Waals surface area contributed by atoms with Crippen LogP contribution >= 0.6 is 11.3 Å². The molecule has 0 amide bonds. The molecular weight excluding hydrogens is 647 g/mol. The van der Waals surface area contributed by atoms with Crippen LogP contribution in [0.4, 0.5) is 0 Å². The summed E-state index contributed by atoms with van der Waals surface area (Å²) < 4.78 is 19.6. The Bertz CT molecular complexity index is 2490. The molecule has 0 radical (unpaired) electrons. The molecule has 9 heteroatoms. The number of benzene rings is 5. The standard InChI is InChI=1S/C41H31N3O5S/c1-3-48-40(46)36-37(28-12-5-4-6-13-28)43-41-44(38(36)35-32-16-10-9-11-27(32)19-22-33(35)47-2)39(45)34(50-41)23-26-17-20-31(21-18-26)49-25-30-15-8-7-14-29(30)24-42/h4-23,38H,3,25H2,1-2H3/b34-23+. The zero-order valence-electron chi connectivity index (χ0n) is 27.3. The summed E-state index contributed by atoms with van der Waals surface area (Å²) in [6.45, 7) is 2.16. The summed E-state index contributed by atoms with van der Waals surface area (Å²) in [5.41, 5.74) is 3.95. The van der Waals surface area contributed by atoms with Gasteiger partial charge in [-0.3, -0.25) is 9.36 Å². The van der Waals surface area contributed by atoms with E-state index in [-0.39, 0.29) is 24.3 Å². The zero-order chi connectivity index (χ0) is 34.6. The minimum absolute atomic E-state index is 0.152. The molecule has 2 heterocycles. The SMILES string of the molecule is CCOC(=O)C1=C(c2ccccc2)N=c2s/c(=C/c3ccc(OCc4ccccc4C#N)cc3)c(=O)n2C1c1c(OC)ccc2ccccc12. The van der Waals surface area contributed by atoms with Crippen LogP contribution in [-0.2, 0) is 16.1 Å². The van der Waals surface area contributed by atoms with E-state index in [2.05, 4.69) is 6.07 Å². The molecular formula is C41H31N3O5S. The minimum atomic E-state index is -0.893. The van der Waals surface area contributed by atoms with Gasteiger partial charge in [0.25, 0.3) is 5.56 Å². The molecule has 0 aliphatic carbocycles. The van der Waals surface area contributed by atoms with Crippen molar-refractivity contribution in [3.05, 3.63) is 168 Å². The van der Waals surface area contributed by atoms with E-state index in [1.165, 1.54) is 11.3 Å². The predicted octanol–water partition coefficient (Wildman–Crippen LogP) is 6.55. The number of fused-ring (bicyclic) bond motifs is 2. The number of methoxy groups -OCH3 is 1. The lowest BCUT2D eigenvalue weighted by molar-refractivity contribution is -0.138. The molecule has 0 saturated carbocycles. The first-order valence-electron chi connectivity index (χ1n) is 16.1. The van der Waals surface area contributed by atoms with E-state index in [0.29, 0.717) is 37.7 Å². The normalized spacial score (nSPS) is 14.1. The van der Waals surface area contributed by atoms with E-state index in [4.69, 9.17) is 19.2 Å². The van der Waals surface area contributed by atoms with Crippen LogP contribution in [0.2, 0.25) is 0 Å². The third kappa shape index (κ3) is 6.09. The van der Waals surface area contributed by atoms with Crippen LogP contribution in [-0.4, -0.2) is 24.3 Å². The van der Waals surface area contributed by atoms with Crippen LogP contribution in [0.3, 0.4) is 0 Å². The average Bonchev–Trinajstić information content (AvgIpc) is 3.47. The average molecular weight is 678 g/mol. The van der Waals surface area contributed by atoms with Crippen molar-refractivity contribution in [3.8, 4) is 17.6 Å². The van der Waals surface area contributed by atoms with Crippen molar-refractivity contribution >= 4 is 39.9 Å². The van der Waals surface area contributed by atoms with Crippen molar-refractivity contribution in [1.29, 1.82) is 5.26 Å². The van der Waals surface area contributed by atoms with Gasteiger partial charge in [0.15, 0.2) is 4.80 Å². The predicted molar refractivity (Wildman–Crippen MR) is 193 cm³/mol. The van der Waals surface area contributed by atoms with Crippen molar-refractivity contribution in [2.24, 2.45) is 4.99 Å². The summed E-state index contributed by atoms with van der Waals surface area (Å²) in [7, 11) is 1.58. The first-order chi connectivity index (χ1) is 24.5. The molecule has 6 aromatic rings. The lowest BCUT2D eigenvalue weighted by Crippen LogP contribution is -2.40. The third-order valence-electron chi connectivity index (χ3n) is 8.51. The van der Waals surface area contributed by atoms with E-state index < -0.39 is 12.0 Å². The number of rotatable bonds is 9. The Morgan fingerprint density at radius 2 is 1.68 bits per heavy atom. The second kappa shape index (κ2) is 14.1. The lowest BCUT2D eigenvalue weighted by atomic mass is 9.89. The number of hydrogen-bond donors (Lipinski definition) is 0. The van der Waals surface area contributed by atoms with Crippen molar-refractivity contribution in [1.82, 2.24) is 4.57 Å². The summed E-state index contributed by atoms with van der Waals surface area (Å²) in [5, 5.41) is 11.2. The fourth-order valence-corrected chi connectivity index (χ4v) is 7.18. The fourth-order valence-electron chi connectivity index (χ4n) is 6.18. The Hall–Kier alpha value is -6.24. The topological polar surface area (TPSA) is 103 Å². The number of carbonyl (C=O) groups is 1. The number of nitrogens with zero attached hydrogens (tertiary/aromatic N) is 3. The Morgan fingerprint density at radius 1 is 0.940 bits per heavy atom. The van der Waals surface area contributed by atoms with Crippen molar-refractivity contribution in [2.75, 3.05) is 13.7 Å². The number of ether oxygens (including phenoxy) is 3. The van der Waals surface area contributed by atoms with Gasteiger partial charge in [-0.2, -0.15) is 5.26 Å². The molecule has 0 bridgehead atoms. The van der Waals surface area contributed by atoms with Crippen LogP contribution in [0.15, 0.2) is 131 Å². The number of thiazole rings is 1. The molecule has 1 aliphatic heterocycles. The largest absolute Gasteiger partial charge is 0.496 e. The first-order valence-corrected chi connectivity index (χ1v) is 16.9. The van der Waals surface area contributed by atoms with Gasteiger partial charge in [-0.1, -0.05) is 102 Å². The highest BCUT2D eigenvalue weighted by Gasteiger charge is 2.37. The fraction of sp³-hybridized carbons (Fsp3) is 0.122. The highest BCUT2D eigenvalue weighted by molar-refractivity contribution is 7.07.